The molecule has 124 valence electrons. The molecule has 0 amide bonds. The molecular formula is C17H12F3NO2S. The Bertz CT molecular complexity index is 991. The molecule has 3 aromatic rings. The Kier molecular flexibility index (Phi) is 4.29. The van der Waals surface area contributed by atoms with Crippen LogP contribution in [0.4, 0.5) is 13.2 Å². The van der Waals surface area contributed by atoms with E-state index in [2.05, 4.69) is 4.72 Å². The molecule has 0 heterocycles. The van der Waals surface area contributed by atoms with E-state index >= 15 is 0 Å². The van der Waals surface area contributed by atoms with Gasteiger partial charge in [-0.15, -0.1) is 0 Å². The Labute approximate surface area is 136 Å². The van der Waals surface area contributed by atoms with Gasteiger partial charge in [0.1, 0.15) is 0 Å². The van der Waals surface area contributed by atoms with Gasteiger partial charge in [0.15, 0.2) is 17.5 Å². The van der Waals surface area contributed by atoms with Gasteiger partial charge in [0, 0.05) is 11.9 Å². The number of hydrogen-bond donors (Lipinski definition) is 1. The summed E-state index contributed by atoms with van der Waals surface area (Å²) in [6, 6.07) is 13.3. The lowest BCUT2D eigenvalue weighted by molar-refractivity contribution is 0.445. The highest BCUT2D eigenvalue weighted by Gasteiger charge is 2.18. The number of benzene rings is 3. The lowest BCUT2D eigenvalue weighted by Gasteiger charge is -2.10. The number of rotatable bonds is 4. The van der Waals surface area contributed by atoms with Crippen LogP contribution in [0.5, 0.6) is 0 Å². The van der Waals surface area contributed by atoms with Crippen LogP contribution in [0.15, 0.2) is 59.5 Å². The predicted octanol–water partition coefficient (Wildman–Crippen LogP) is 3.74. The molecular weight excluding hydrogens is 339 g/mol. The normalized spacial score (nSPS) is 11.8. The fourth-order valence-electron chi connectivity index (χ4n) is 2.40. The van der Waals surface area contributed by atoms with Gasteiger partial charge in [0.2, 0.25) is 10.0 Å². The van der Waals surface area contributed by atoms with Gasteiger partial charge in [-0.25, -0.2) is 26.3 Å². The number of fused-ring (bicyclic) bond motifs is 1. The molecule has 0 saturated carbocycles. The smallest absolute Gasteiger partial charge is 0.207 e. The van der Waals surface area contributed by atoms with Gasteiger partial charge in [-0.05, 0) is 29.1 Å². The summed E-state index contributed by atoms with van der Waals surface area (Å²) in [5, 5.41) is 1.28. The quantitative estimate of drug-likeness (QED) is 0.728. The Morgan fingerprint density at radius 3 is 2.21 bits per heavy atom. The minimum absolute atomic E-state index is 0.0183. The molecule has 3 aromatic carbocycles. The molecule has 7 heteroatoms. The average molecular weight is 351 g/mol. The van der Waals surface area contributed by atoms with E-state index < -0.39 is 27.5 Å². The molecule has 3 rings (SSSR count). The average Bonchev–Trinajstić information content (AvgIpc) is 2.57. The van der Waals surface area contributed by atoms with Crippen molar-refractivity contribution in [3.05, 3.63) is 77.6 Å². The molecule has 0 radical (unpaired) electrons. The topological polar surface area (TPSA) is 46.2 Å². The second-order valence-corrected chi connectivity index (χ2v) is 6.91. The van der Waals surface area contributed by atoms with Gasteiger partial charge in [-0.1, -0.05) is 36.4 Å². The van der Waals surface area contributed by atoms with Gasteiger partial charge in [0.25, 0.3) is 0 Å². The van der Waals surface area contributed by atoms with Crippen LogP contribution in [0.3, 0.4) is 0 Å². The molecule has 0 atom stereocenters. The molecule has 0 fully saturated rings. The fraction of sp³-hybridized carbons (Fsp3) is 0.0588. The standard InChI is InChI=1S/C17H12F3NO2S/c18-14-8-11(9-15(19)17(14)20)10-21-24(22,23)16-7-3-5-12-4-1-2-6-13(12)16/h1-9,21H,10H2. The van der Waals surface area contributed by atoms with E-state index in [-0.39, 0.29) is 17.0 Å². The zero-order valence-electron chi connectivity index (χ0n) is 12.3. The van der Waals surface area contributed by atoms with Gasteiger partial charge in [0.05, 0.1) is 4.90 Å². The summed E-state index contributed by atoms with van der Waals surface area (Å²) in [6.45, 7) is -0.361. The molecule has 0 aliphatic rings. The van der Waals surface area contributed by atoms with Crippen LogP contribution in [-0.4, -0.2) is 8.42 Å². The van der Waals surface area contributed by atoms with Crippen molar-refractivity contribution < 1.29 is 21.6 Å². The Morgan fingerprint density at radius 1 is 0.875 bits per heavy atom. The monoisotopic (exact) mass is 351 g/mol. The van der Waals surface area contributed by atoms with Crippen LogP contribution < -0.4 is 4.72 Å². The van der Waals surface area contributed by atoms with Crippen LogP contribution >= 0.6 is 0 Å². The van der Waals surface area contributed by atoms with Gasteiger partial charge in [-0.2, -0.15) is 0 Å². The van der Waals surface area contributed by atoms with Gasteiger partial charge < -0.3 is 0 Å². The SMILES string of the molecule is O=S(=O)(NCc1cc(F)c(F)c(F)c1)c1cccc2ccccc12. The van der Waals surface area contributed by atoms with Gasteiger partial charge in [-0.3, -0.25) is 0 Å². The largest absolute Gasteiger partial charge is 0.241 e. The molecule has 0 spiro atoms. The fourth-order valence-corrected chi connectivity index (χ4v) is 3.64. The maximum absolute atomic E-state index is 13.2. The first-order valence-corrected chi connectivity index (χ1v) is 8.47. The summed E-state index contributed by atoms with van der Waals surface area (Å²) >= 11 is 0. The van der Waals surface area contributed by atoms with E-state index in [0.717, 1.165) is 17.5 Å². The maximum atomic E-state index is 13.2. The van der Waals surface area contributed by atoms with Crippen LogP contribution in [0.2, 0.25) is 0 Å². The van der Waals surface area contributed by atoms with Crippen LogP contribution in [0, 0.1) is 17.5 Å². The molecule has 0 aliphatic carbocycles. The molecule has 0 aliphatic heterocycles. The molecule has 1 N–H and O–H groups in total. The van der Waals surface area contributed by atoms with E-state index in [0.29, 0.717) is 5.39 Å². The summed E-state index contributed by atoms with van der Waals surface area (Å²) in [5.74, 6) is -4.32. The Balaban J connectivity index is 1.91. The number of sulfonamides is 1. The zero-order valence-corrected chi connectivity index (χ0v) is 13.1. The number of hydrogen-bond acceptors (Lipinski definition) is 2. The van der Waals surface area contributed by atoms with E-state index in [9.17, 15) is 21.6 Å². The summed E-state index contributed by atoms with van der Waals surface area (Å²) in [4.78, 5) is 0.0589. The predicted molar refractivity (Wildman–Crippen MR) is 84.3 cm³/mol. The lowest BCUT2D eigenvalue weighted by atomic mass is 10.1. The first kappa shape index (κ1) is 16.5. The Hall–Kier alpha value is -2.38. The third-order valence-corrected chi connectivity index (χ3v) is 5.01. The van der Waals surface area contributed by atoms with E-state index in [1.165, 1.54) is 6.07 Å². The molecule has 24 heavy (non-hydrogen) atoms. The highest BCUT2D eigenvalue weighted by Crippen LogP contribution is 2.23. The van der Waals surface area contributed by atoms with E-state index in [4.69, 9.17) is 0 Å². The third kappa shape index (κ3) is 3.13. The van der Waals surface area contributed by atoms with Crippen molar-refractivity contribution in [1.82, 2.24) is 4.72 Å². The summed E-state index contributed by atoms with van der Waals surface area (Å²) in [6.07, 6.45) is 0. The second-order valence-electron chi connectivity index (χ2n) is 5.18. The Morgan fingerprint density at radius 2 is 1.50 bits per heavy atom. The van der Waals surface area contributed by atoms with Crippen molar-refractivity contribution in [2.24, 2.45) is 0 Å². The van der Waals surface area contributed by atoms with Gasteiger partial charge >= 0.3 is 0 Å². The zero-order chi connectivity index (χ0) is 17.3. The minimum Gasteiger partial charge on any atom is -0.207 e. The molecule has 0 unspecified atom stereocenters. The van der Waals surface area contributed by atoms with E-state index in [1.54, 1.807) is 36.4 Å². The minimum atomic E-state index is -3.91. The second kappa shape index (κ2) is 6.26. The summed E-state index contributed by atoms with van der Waals surface area (Å²) in [5.41, 5.74) is -0.0183. The molecule has 0 saturated heterocycles. The molecule has 0 bridgehead atoms. The van der Waals surface area contributed by atoms with Crippen LogP contribution in [0.1, 0.15) is 5.56 Å². The van der Waals surface area contributed by atoms with Crippen molar-refractivity contribution >= 4 is 20.8 Å². The summed E-state index contributed by atoms with van der Waals surface area (Å²) < 4.78 is 66.6. The highest BCUT2D eigenvalue weighted by molar-refractivity contribution is 7.89. The van der Waals surface area contributed by atoms with E-state index in [1.807, 2.05) is 0 Å². The van der Waals surface area contributed by atoms with Crippen molar-refractivity contribution in [2.75, 3.05) is 0 Å². The summed E-state index contributed by atoms with van der Waals surface area (Å²) in [7, 11) is -3.91. The van der Waals surface area contributed by atoms with Crippen LogP contribution in [-0.2, 0) is 16.6 Å². The lowest BCUT2D eigenvalue weighted by Crippen LogP contribution is -2.23. The molecule has 3 nitrogen and oxygen atoms in total. The first-order valence-electron chi connectivity index (χ1n) is 6.99. The molecule has 0 aromatic heterocycles. The highest BCUT2D eigenvalue weighted by atomic mass is 32.2. The third-order valence-electron chi connectivity index (χ3n) is 3.55. The van der Waals surface area contributed by atoms with Crippen molar-refractivity contribution in [1.29, 1.82) is 0 Å². The maximum Gasteiger partial charge on any atom is 0.241 e. The van der Waals surface area contributed by atoms with Crippen molar-refractivity contribution in [3.8, 4) is 0 Å². The number of halogens is 3. The number of nitrogens with one attached hydrogen (secondary N) is 1. The first-order chi connectivity index (χ1) is 11.4. The van der Waals surface area contributed by atoms with Crippen molar-refractivity contribution in [3.63, 3.8) is 0 Å². The van der Waals surface area contributed by atoms with Crippen molar-refractivity contribution in [2.45, 2.75) is 11.4 Å². The van der Waals surface area contributed by atoms with Crippen LogP contribution in [0.25, 0.3) is 10.8 Å².